The van der Waals surface area contributed by atoms with E-state index in [9.17, 15) is 0 Å². The van der Waals surface area contributed by atoms with Gasteiger partial charge in [-0.1, -0.05) is 86.1 Å². The Kier molecular flexibility index (Phi) is 9.13. The molecule has 3 aliphatic rings. The summed E-state index contributed by atoms with van der Waals surface area (Å²) in [5.74, 6) is 1.65. The molecule has 0 aliphatic heterocycles. The zero-order valence-electron chi connectivity index (χ0n) is 26.6. The van der Waals surface area contributed by atoms with Crippen LogP contribution in [0.1, 0.15) is 107 Å². The molecule has 0 radical (unpaired) electrons. The number of rotatable bonds is 6. The lowest BCUT2D eigenvalue weighted by Crippen LogP contribution is -2.49. The Morgan fingerprint density at radius 1 is 0.946 bits per heavy atom. The highest BCUT2D eigenvalue weighted by Gasteiger charge is 2.48. The summed E-state index contributed by atoms with van der Waals surface area (Å²) in [6.07, 6.45) is 15.2. The van der Waals surface area contributed by atoms with Gasteiger partial charge in [0.1, 0.15) is 0 Å². The minimum Gasteiger partial charge on any atom is -0.413 e. The number of allylic oxidation sites excluding steroid dienone is 3. The van der Waals surface area contributed by atoms with Crippen molar-refractivity contribution in [2.24, 2.45) is 17.3 Å². The highest BCUT2D eigenvalue weighted by atomic mass is 28.4. The Hall–Kier alpha value is -0.426. The fourth-order valence-corrected chi connectivity index (χ4v) is 9.45. The van der Waals surface area contributed by atoms with Crippen LogP contribution in [0.15, 0.2) is 35.5 Å². The maximum atomic E-state index is 7.04. The largest absolute Gasteiger partial charge is 0.413 e. The summed E-state index contributed by atoms with van der Waals surface area (Å²) in [5.41, 5.74) is 4.76. The van der Waals surface area contributed by atoms with Crippen molar-refractivity contribution in [1.29, 1.82) is 0 Å². The first-order valence-corrected chi connectivity index (χ1v) is 21.1. The van der Waals surface area contributed by atoms with Crippen LogP contribution < -0.4 is 0 Å². The first-order chi connectivity index (χ1) is 16.8. The molecule has 4 heteroatoms. The Labute approximate surface area is 233 Å². The summed E-state index contributed by atoms with van der Waals surface area (Å²) >= 11 is 0. The number of hydrogen-bond donors (Lipinski definition) is 0. The Bertz CT molecular complexity index is 898. The lowest BCUT2D eigenvalue weighted by molar-refractivity contribution is 0.0969. The van der Waals surface area contributed by atoms with Gasteiger partial charge in [0.05, 0.1) is 12.2 Å². The maximum absolute atomic E-state index is 7.04. The summed E-state index contributed by atoms with van der Waals surface area (Å²) in [6, 6.07) is 0. The molecular formula is C33H60O2Si2. The molecule has 3 fully saturated rings. The molecular weight excluding hydrogens is 485 g/mol. The Morgan fingerprint density at radius 3 is 2.11 bits per heavy atom. The van der Waals surface area contributed by atoms with Crippen LogP contribution in [0.5, 0.6) is 0 Å². The molecule has 0 unspecified atom stereocenters. The van der Waals surface area contributed by atoms with E-state index in [4.69, 9.17) is 8.85 Å². The summed E-state index contributed by atoms with van der Waals surface area (Å²) in [4.78, 5) is 0. The summed E-state index contributed by atoms with van der Waals surface area (Å²) in [6.45, 7) is 33.2. The fourth-order valence-electron chi connectivity index (χ4n) is 6.78. The molecule has 0 saturated heterocycles. The van der Waals surface area contributed by atoms with Gasteiger partial charge in [0.15, 0.2) is 16.6 Å². The van der Waals surface area contributed by atoms with Crippen LogP contribution in [0.25, 0.3) is 0 Å². The van der Waals surface area contributed by atoms with E-state index >= 15 is 0 Å². The molecule has 5 atom stereocenters. The minimum absolute atomic E-state index is 0.0571. The van der Waals surface area contributed by atoms with Crippen LogP contribution in [0.3, 0.4) is 0 Å². The van der Waals surface area contributed by atoms with Gasteiger partial charge in [0.25, 0.3) is 0 Å². The van der Waals surface area contributed by atoms with E-state index in [1.807, 2.05) is 0 Å². The average Bonchev–Trinajstić information content (AvgIpc) is 3.09. The highest BCUT2D eigenvalue weighted by Crippen LogP contribution is 2.58. The van der Waals surface area contributed by atoms with Crippen molar-refractivity contribution in [3.8, 4) is 0 Å². The second-order valence-corrected chi connectivity index (χ2v) is 25.4. The van der Waals surface area contributed by atoms with Crippen LogP contribution in [-0.2, 0) is 8.85 Å². The third-order valence-corrected chi connectivity index (χ3v) is 20.4. The fraction of sp³-hybridized carbons (Fsp3) is 0.818. The minimum atomic E-state index is -1.93. The second-order valence-electron chi connectivity index (χ2n) is 15.9. The van der Waals surface area contributed by atoms with Crippen LogP contribution in [-0.4, -0.2) is 28.8 Å². The molecule has 0 amide bonds. The molecule has 3 aliphatic carbocycles. The molecule has 0 aromatic carbocycles. The van der Waals surface area contributed by atoms with E-state index in [1.165, 1.54) is 49.7 Å². The normalized spacial score (nSPS) is 34.3. The van der Waals surface area contributed by atoms with Crippen LogP contribution in [0, 0.1) is 17.3 Å². The van der Waals surface area contributed by atoms with Gasteiger partial charge >= 0.3 is 0 Å². The molecule has 2 nitrogen and oxygen atoms in total. The van der Waals surface area contributed by atoms with Gasteiger partial charge in [-0.05, 0) is 103 Å². The van der Waals surface area contributed by atoms with Crippen molar-refractivity contribution in [2.45, 2.75) is 155 Å². The monoisotopic (exact) mass is 544 g/mol. The lowest BCUT2D eigenvalue weighted by Gasteiger charge is -2.45. The van der Waals surface area contributed by atoms with Crippen molar-refractivity contribution in [1.82, 2.24) is 0 Å². The van der Waals surface area contributed by atoms with Gasteiger partial charge in [0, 0.05) is 6.42 Å². The van der Waals surface area contributed by atoms with Gasteiger partial charge < -0.3 is 8.85 Å². The van der Waals surface area contributed by atoms with Crippen LogP contribution in [0.4, 0.5) is 0 Å². The smallest absolute Gasteiger partial charge is 0.192 e. The quantitative estimate of drug-likeness (QED) is 0.310. The molecule has 0 spiro atoms. The maximum Gasteiger partial charge on any atom is 0.192 e. The SMILES string of the molecule is C=C1C(=CC=C2CCC[C@]3(C)[C@@H](CC)CC[C@@H]23)C[C@@H](O[Si](C)(C)C(C)(C)C)C[C@@H]1O[Si](C)(C)C(C)(C)C. The van der Waals surface area contributed by atoms with Crippen molar-refractivity contribution >= 4 is 16.6 Å². The molecule has 0 N–H and O–H groups in total. The van der Waals surface area contributed by atoms with E-state index in [0.717, 1.165) is 24.7 Å². The van der Waals surface area contributed by atoms with Gasteiger partial charge in [-0.15, -0.1) is 0 Å². The summed E-state index contributed by atoms with van der Waals surface area (Å²) in [5, 5.41) is 0.380. The highest BCUT2D eigenvalue weighted by molar-refractivity contribution is 6.74. The molecule has 0 heterocycles. The topological polar surface area (TPSA) is 18.5 Å². The van der Waals surface area contributed by atoms with E-state index in [2.05, 4.69) is 100 Å². The third kappa shape index (κ3) is 6.49. The molecule has 3 saturated carbocycles. The summed E-state index contributed by atoms with van der Waals surface area (Å²) in [7, 11) is -3.81. The predicted octanol–water partition coefficient (Wildman–Crippen LogP) is 10.6. The summed E-state index contributed by atoms with van der Waals surface area (Å²) < 4.78 is 14.1. The molecule has 3 rings (SSSR count). The van der Waals surface area contributed by atoms with E-state index in [-0.39, 0.29) is 22.3 Å². The van der Waals surface area contributed by atoms with Crippen molar-refractivity contribution < 1.29 is 8.85 Å². The molecule has 212 valence electrons. The van der Waals surface area contributed by atoms with Gasteiger partial charge in [0.2, 0.25) is 0 Å². The number of hydrogen-bond acceptors (Lipinski definition) is 2. The van der Waals surface area contributed by atoms with Crippen molar-refractivity contribution in [3.63, 3.8) is 0 Å². The molecule has 0 aromatic rings. The molecule has 37 heavy (non-hydrogen) atoms. The zero-order valence-corrected chi connectivity index (χ0v) is 28.6. The van der Waals surface area contributed by atoms with Gasteiger partial charge in [-0.3, -0.25) is 0 Å². The number of fused-ring (bicyclic) bond motifs is 1. The first kappa shape index (κ1) is 31.1. The van der Waals surface area contributed by atoms with Crippen LogP contribution >= 0.6 is 0 Å². The van der Waals surface area contributed by atoms with Gasteiger partial charge in [-0.25, -0.2) is 0 Å². The Balaban J connectivity index is 1.92. The predicted molar refractivity (Wildman–Crippen MR) is 167 cm³/mol. The molecule has 0 aromatic heterocycles. The first-order valence-electron chi connectivity index (χ1n) is 15.3. The lowest BCUT2D eigenvalue weighted by atomic mass is 9.63. The van der Waals surface area contributed by atoms with Gasteiger partial charge in [-0.2, -0.15) is 0 Å². The van der Waals surface area contributed by atoms with Crippen molar-refractivity contribution in [3.05, 3.63) is 35.5 Å². The van der Waals surface area contributed by atoms with E-state index in [0.29, 0.717) is 5.41 Å². The average molecular weight is 545 g/mol. The van der Waals surface area contributed by atoms with E-state index < -0.39 is 16.6 Å². The Morgan fingerprint density at radius 2 is 1.54 bits per heavy atom. The zero-order chi connectivity index (χ0) is 28.0. The molecule has 0 bridgehead atoms. The van der Waals surface area contributed by atoms with Crippen LogP contribution in [0.2, 0.25) is 36.3 Å². The third-order valence-electron chi connectivity index (χ3n) is 11.4. The standard InChI is InChI=1S/C33H60O2Si2/c1-14-27-19-20-29-25(16-15-21-33(27,29)9)17-18-26-22-28(34-36(10,11)31(3,4)5)23-30(24(26)2)35-37(12,13)32(6,7)8/h17-18,27-30H,2,14-16,19-23H2,1,3-13H3/t27-,28+,29-,30-,33+/m0/s1. The second kappa shape index (κ2) is 10.9. The van der Waals surface area contributed by atoms with Crippen molar-refractivity contribution in [2.75, 3.05) is 0 Å². The van der Waals surface area contributed by atoms with E-state index in [1.54, 1.807) is 5.57 Å².